The molecule has 0 heterocycles. The van der Waals surface area contributed by atoms with Crippen molar-refractivity contribution in [3.05, 3.63) is 12.3 Å². The van der Waals surface area contributed by atoms with Crippen LogP contribution in [0.15, 0.2) is 12.3 Å². The van der Waals surface area contributed by atoms with E-state index in [0.29, 0.717) is 0 Å². The maximum Gasteiger partial charge on any atom is 0.0691 e. The van der Waals surface area contributed by atoms with Crippen LogP contribution >= 0.6 is 0 Å². The van der Waals surface area contributed by atoms with Crippen LogP contribution in [0.5, 0.6) is 0 Å². The van der Waals surface area contributed by atoms with Crippen LogP contribution in [0.25, 0.3) is 0 Å². The third-order valence-corrected chi connectivity index (χ3v) is 2.44. The molecule has 0 aliphatic rings. The molecule has 0 fully saturated rings. The standard InChI is InChI=1S/C10H21NO/c1-6-8-11(4)10(3,7-2)9-12-5/h6,8H,7,9H2,1-5H3/b8-6-. The lowest BCUT2D eigenvalue weighted by Crippen LogP contribution is -2.43. The Kier molecular flexibility index (Phi) is 4.98. The second-order valence-corrected chi connectivity index (χ2v) is 3.38. The van der Waals surface area contributed by atoms with Crippen molar-refractivity contribution in [3.63, 3.8) is 0 Å². The highest BCUT2D eigenvalue weighted by atomic mass is 16.5. The van der Waals surface area contributed by atoms with E-state index in [0.717, 1.165) is 13.0 Å². The third-order valence-electron chi connectivity index (χ3n) is 2.44. The molecule has 0 spiro atoms. The molecule has 0 N–H and O–H groups in total. The lowest BCUT2D eigenvalue weighted by Gasteiger charge is -2.37. The fourth-order valence-electron chi connectivity index (χ4n) is 1.17. The number of ether oxygens (including phenoxy) is 1. The Morgan fingerprint density at radius 1 is 1.50 bits per heavy atom. The monoisotopic (exact) mass is 171 g/mol. The van der Waals surface area contributed by atoms with E-state index in [9.17, 15) is 0 Å². The van der Waals surface area contributed by atoms with Crippen LogP contribution < -0.4 is 0 Å². The van der Waals surface area contributed by atoms with Crippen LogP contribution in [0, 0.1) is 0 Å². The number of hydrogen-bond donors (Lipinski definition) is 0. The minimum absolute atomic E-state index is 0.126. The molecule has 0 aromatic carbocycles. The van der Waals surface area contributed by atoms with Gasteiger partial charge in [-0.05, 0) is 26.5 Å². The van der Waals surface area contributed by atoms with Gasteiger partial charge in [0.2, 0.25) is 0 Å². The SMILES string of the molecule is C/C=C\N(C)C(C)(CC)COC. The van der Waals surface area contributed by atoms with Crippen molar-refractivity contribution >= 4 is 0 Å². The Morgan fingerprint density at radius 2 is 2.08 bits per heavy atom. The van der Waals surface area contributed by atoms with Crippen molar-refractivity contribution < 1.29 is 4.74 Å². The number of likely N-dealkylation sites (N-methyl/N-ethyl adjacent to an activating group) is 1. The van der Waals surface area contributed by atoms with E-state index in [1.165, 1.54) is 0 Å². The van der Waals surface area contributed by atoms with Gasteiger partial charge in [-0.3, -0.25) is 0 Å². The number of allylic oxidation sites excluding steroid dienone is 1. The zero-order valence-electron chi connectivity index (χ0n) is 8.92. The van der Waals surface area contributed by atoms with Gasteiger partial charge >= 0.3 is 0 Å². The van der Waals surface area contributed by atoms with Crippen LogP contribution in [-0.2, 0) is 4.74 Å². The minimum atomic E-state index is 0.126. The molecule has 72 valence electrons. The fourth-order valence-corrected chi connectivity index (χ4v) is 1.17. The zero-order valence-corrected chi connectivity index (χ0v) is 8.92. The number of methoxy groups -OCH3 is 1. The summed E-state index contributed by atoms with van der Waals surface area (Å²) in [7, 11) is 3.83. The molecule has 2 nitrogen and oxygen atoms in total. The van der Waals surface area contributed by atoms with E-state index in [1.54, 1.807) is 7.11 Å². The highest BCUT2D eigenvalue weighted by molar-refractivity contribution is 4.90. The van der Waals surface area contributed by atoms with Gasteiger partial charge in [0.1, 0.15) is 0 Å². The number of hydrogen-bond acceptors (Lipinski definition) is 2. The molecule has 0 bridgehead atoms. The van der Waals surface area contributed by atoms with Crippen LogP contribution in [0.4, 0.5) is 0 Å². The Hall–Kier alpha value is -0.500. The first-order valence-corrected chi connectivity index (χ1v) is 4.45. The van der Waals surface area contributed by atoms with Gasteiger partial charge in [-0.2, -0.15) is 0 Å². The molecule has 0 rings (SSSR count). The van der Waals surface area contributed by atoms with Crippen LogP contribution in [0.3, 0.4) is 0 Å². The van der Waals surface area contributed by atoms with Gasteiger partial charge in [0.15, 0.2) is 0 Å². The summed E-state index contributed by atoms with van der Waals surface area (Å²) in [6.07, 6.45) is 5.22. The normalized spacial score (nSPS) is 16.4. The maximum atomic E-state index is 5.19. The molecule has 12 heavy (non-hydrogen) atoms. The molecule has 0 radical (unpaired) electrons. The first kappa shape index (κ1) is 11.5. The van der Waals surface area contributed by atoms with E-state index < -0.39 is 0 Å². The van der Waals surface area contributed by atoms with Crippen molar-refractivity contribution in [1.29, 1.82) is 0 Å². The molecular weight excluding hydrogens is 150 g/mol. The first-order valence-electron chi connectivity index (χ1n) is 4.45. The molecule has 0 aliphatic carbocycles. The topological polar surface area (TPSA) is 12.5 Å². The number of rotatable bonds is 5. The smallest absolute Gasteiger partial charge is 0.0691 e. The second kappa shape index (κ2) is 5.20. The molecule has 2 heteroatoms. The van der Waals surface area contributed by atoms with E-state index in [4.69, 9.17) is 4.74 Å². The quantitative estimate of drug-likeness (QED) is 0.629. The summed E-state index contributed by atoms with van der Waals surface area (Å²) >= 11 is 0. The van der Waals surface area contributed by atoms with E-state index in [1.807, 2.05) is 13.0 Å². The summed E-state index contributed by atoms with van der Waals surface area (Å²) in [5, 5.41) is 0. The Morgan fingerprint density at radius 3 is 2.42 bits per heavy atom. The average molecular weight is 171 g/mol. The summed E-state index contributed by atoms with van der Waals surface area (Å²) in [6, 6.07) is 0. The van der Waals surface area contributed by atoms with E-state index in [2.05, 4.69) is 32.0 Å². The fraction of sp³-hybridized carbons (Fsp3) is 0.800. The Labute approximate surface area is 76.2 Å². The Bertz CT molecular complexity index is 145. The second-order valence-electron chi connectivity index (χ2n) is 3.38. The summed E-state index contributed by atoms with van der Waals surface area (Å²) in [5.74, 6) is 0. The lowest BCUT2D eigenvalue weighted by atomic mass is 9.99. The molecule has 0 saturated heterocycles. The molecule has 0 amide bonds. The van der Waals surface area contributed by atoms with Gasteiger partial charge < -0.3 is 9.64 Å². The Balaban J connectivity index is 4.27. The molecule has 0 saturated carbocycles. The highest BCUT2D eigenvalue weighted by Crippen LogP contribution is 2.17. The molecule has 0 aromatic heterocycles. The summed E-state index contributed by atoms with van der Waals surface area (Å²) in [5.41, 5.74) is 0.126. The van der Waals surface area contributed by atoms with Crippen molar-refractivity contribution in [1.82, 2.24) is 4.90 Å². The predicted molar refractivity (Wildman–Crippen MR) is 53.1 cm³/mol. The number of nitrogens with zero attached hydrogens (tertiary/aromatic N) is 1. The third kappa shape index (κ3) is 2.86. The van der Waals surface area contributed by atoms with E-state index >= 15 is 0 Å². The van der Waals surface area contributed by atoms with Crippen molar-refractivity contribution in [3.8, 4) is 0 Å². The summed E-state index contributed by atoms with van der Waals surface area (Å²) in [6.45, 7) is 7.18. The zero-order chi connectivity index (χ0) is 9.61. The van der Waals surface area contributed by atoms with Crippen molar-refractivity contribution in [2.75, 3.05) is 20.8 Å². The average Bonchev–Trinajstić information content (AvgIpc) is 2.05. The molecule has 1 atom stereocenters. The van der Waals surface area contributed by atoms with Gasteiger partial charge in [-0.25, -0.2) is 0 Å². The van der Waals surface area contributed by atoms with E-state index in [-0.39, 0.29) is 5.54 Å². The highest BCUT2D eigenvalue weighted by Gasteiger charge is 2.24. The predicted octanol–water partition coefficient (Wildman–Crippen LogP) is 2.27. The lowest BCUT2D eigenvalue weighted by molar-refractivity contribution is 0.0618. The molecular formula is C10H21NO. The van der Waals surface area contributed by atoms with Crippen LogP contribution in [0.2, 0.25) is 0 Å². The van der Waals surface area contributed by atoms with Gasteiger partial charge in [0.25, 0.3) is 0 Å². The molecule has 1 unspecified atom stereocenters. The van der Waals surface area contributed by atoms with Crippen LogP contribution in [0.1, 0.15) is 27.2 Å². The van der Waals surface area contributed by atoms with Gasteiger partial charge in [0, 0.05) is 14.2 Å². The summed E-state index contributed by atoms with van der Waals surface area (Å²) in [4.78, 5) is 2.20. The van der Waals surface area contributed by atoms with Crippen molar-refractivity contribution in [2.24, 2.45) is 0 Å². The van der Waals surface area contributed by atoms with Gasteiger partial charge in [0.05, 0.1) is 12.1 Å². The van der Waals surface area contributed by atoms with Crippen LogP contribution in [-0.4, -0.2) is 31.2 Å². The first-order chi connectivity index (χ1) is 5.60. The minimum Gasteiger partial charge on any atom is -0.382 e. The van der Waals surface area contributed by atoms with Crippen molar-refractivity contribution in [2.45, 2.75) is 32.7 Å². The van der Waals surface area contributed by atoms with Gasteiger partial charge in [-0.15, -0.1) is 0 Å². The largest absolute Gasteiger partial charge is 0.382 e. The summed E-state index contributed by atoms with van der Waals surface area (Å²) < 4.78 is 5.19. The molecule has 0 aromatic rings. The maximum absolute atomic E-state index is 5.19. The molecule has 0 aliphatic heterocycles. The van der Waals surface area contributed by atoms with Gasteiger partial charge in [-0.1, -0.05) is 13.0 Å².